The van der Waals surface area contributed by atoms with Crippen LogP contribution in [0.1, 0.15) is 40.0 Å². The molecule has 2 atom stereocenters. The van der Waals surface area contributed by atoms with Gasteiger partial charge in [-0.25, -0.2) is 4.39 Å². The van der Waals surface area contributed by atoms with Crippen molar-refractivity contribution < 1.29 is 4.39 Å². The Kier molecular flexibility index (Phi) is 4.69. The van der Waals surface area contributed by atoms with Gasteiger partial charge in [-0.15, -0.1) is 0 Å². The van der Waals surface area contributed by atoms with E-state index in [1.165, 1.54) is 12.5 Å². The van der Waals surface area contributed by atoms with Gasteiger partial charge in [0.1, 0.15) is 5.82 Å². The zero-order valence-electron chi connectivity index (χ0n) is 12.9. The van der Waals surface area contributed by atoms with Gasteiger partial charge < -0.3 is 10.6 Å². The predicted octanol–water partition coefficient (Wildman–Crippen LogP) is 3.81. The molecule has 1 aromatic carbocycles. The molecule has 1 aromatic rings. The van der Waals surface area contributed by atoms with Crippen LogP contribution in [0.5, 0.6) is 0 Å². The van der Waals surface area contributed by atoms with Crippen LogP contribution >= 0.6 is 0 Å². The van der Waals surface area contributed by atoms with Gasteiger partial charge in [0.05, 0.1) is 11.2 Å². The van der Waals surface area contributed by atoms with Crippen molar-refractivity contribution in [3.8, 4) is 0 Å². The second-order valence-corrected chi connectivity index (χ2v) is 6.48. The molecule has 2 rings (SSSR count). The maximum Gasteiger partial charge on any atom is 0.146 e. The molecule has 1 fully saturated rings. The van der Waals surface area contributed by atoms with Crippen LogP contribution in [0, 0.1) is 17.7 Å². The van der Waals surface area contributed by atoms with Crippen LogP contribution in [0.25, 0.3) is 0 Å². The molecule has 2 unspecified atom stereocenters. The number of hydrogen-bond acceptors (Lipinski definition) is 2. The highest BCUT2D eigenvalue weighted by atomic mass is 19.1. The number of likely N-dealkylation sites (N-methyl/N-ethyl adjacent to an activating group) is 1. The van der Waals surface area contributed by atoms with Gasteiger partial charge in [-0.2, -0.15) is 0 Å². The lowest BCUT2D eigenvalue weighted by Crippen LogP contribution is -2.58. The van der Waals surface area contributed by atoms with E-state index in [1.54, 1.807) is 6.07 Å². The third kappa shape index (κ3) is 2.83. The fourth-order valence-electron chi connectivity index (χ4n) is 4.16. The molecule has 0 radical (unpaired) electrons. The van der Waals surface area contributed by atoms with E-state index in [9.17, 15) is 4.39 Å². The van der Waals surface area contributed by atoms with Crippen molar-refractivity contribution in [2.75, 3.05) is 18.0 Å². The van der Waals surface area contributed by atoms with Crippen LogP contribution in [-0.4, -0.2) is 18.6 Å². The molecule has 20 heavy (non-hydrogen) atoms. The van der Waals surface area contributed by atoms with E-state index in [4.69, 9.17) is 5.73 Å². The number of rotatable bonds is 4. The fraction of sp³-hybridized carbons (Fsp3) is 0.647. The van der Waals surface area contributed by atoms with Crippen molar-refractivity contribution in [3.05, 3.63) is 30.1 Å². The first-order valence-corrected chi connectivity index (χ1v) is 7.74. The van der Waals surface area contributed by atoms with Gasteiger partial charge in [0, 0.05) is 13.1 Å². The smallest absolute Gasteiger partial charge is 0.146 e. The van der Waals surface area contributed by atoms with Crippen LogP contribution in [0.15, 0.2) is 24.3 Å². The molecule has 0 aromatic heterocycles. The van der Waals surface area contributed by atoms with E-state index >= 15 is 0 Å². The molecule has 0 bridgehead atoms. The second-order valence-electron chi connectivity index (χ2n) is 6.48. The summed E-state index contributed by atoms with van der Waals surface area (Å²) >= 11 is 0. The Morgan fingerprint density at radius 1 is 1.25 bits per heavy atom. The molecule has 0 aliphatic heterocycles. The summed E-state index contributed by atoms with van der Waals surface area (Å²) in [4.78, 5) is 2.20. The first kappa shape index (κ1) is 15.3. The molecule has 0 spiro atoms. The molecule has 112 valence electrons. The zero-order chi connectivity index (χ0) is 14.8. The van der Waals surface area contributed by atoms with Crippen molar-refractivity contribution in [2.45, 2.75) is 45.6 Å². The SMILES string of the molecule is CCN(c1ccccc1F)C1(CN)CC(C)CC(C)C1. The van der Waals surface area contributed by atoms with Gasteiger partial charge in [0.25, 0.3) is 0 Å². The summed E-state index contributed by atoms with van der Waals surface area (Å²) < 4.78 is 14.2. The normalized spacial score (nSPS) is 30.2. The summed E-state index contributed by atoms with van der Waals surface area (Å²) in [6.45, 7) is 8.04. The minimum absolute atomic E-state index is 0.103. The summed E-state index contributed by atoms with van der Waals surface area (Å²) in [7, 11) is 0. The van der Waals surface area contributed by atoms with Gasteiger partial charge in [-0.05, 0) is 50.2 Å². The van der Waals surface area contributed by atoms with Crippen LogP contribution < -0.4 is 10.6 Å². The Labute approximate surface area is 122 Å². The summed E-state index contributed by atoms with van der Waals surface area (Å²) in [5.41, 5.74) is 6.76. The summed E-state index contributed by atoms with van der Waals surface area (Å²) in [5, 5.41) is 0. The maximum absolute atomic E-state index is 14.2. The fourth-order valence-corrected chi connectivity index (χ4v) is 4.16. The lowest BCUT2D eigenvalue weighted by atomic mass is 9.70. The molecule has 0 amide bonds. The number of nitrogens with two attached hydrogens (primary N) is 1. The van der Waals surface area contributed by atoms with Gasteiger partial charge in [-0.1, -0.05) is 26.0 Å². The highest BCUT2D eigenvalue weighted by molar-refractivity contribution is 5.50. The lowest BCUT2D eigenvalue weighted by molar-refractivity contribution is 0.177. The highest BCUT2D eigenvalue weighted by Crippen LogP contribution is 2.41. The number of nitrogens with zero attached hydrogens (tertiary/aromatic N) is 1. The number of anilines is 1. The van der Waals surface area contributed by atoms with E-state index in [2.05, 4.69) is 25.7 Å². The van der Waals surface area contributed by atoms with Gasteiger partial charge in [0.15, 0.2) is 0 Å². The number of hydrogen-bond donors (Lipinski definition) is 1. The minimum atomic E-state index is -0.145. The van der Waals surface area contributed by atoms with E-state index in [-0.39, 0.29) is 11.4 Å². The van der Waals surface area contributed by atoms with E-state index in [0.29, 0.717) is 24.1 Å². The molecule has 1 aliphatic rings. The lowest BCUT2D eigenvalue weighted by Gasteiger charge is -2.50. The van der Waals surface area contributed by atoms with Crippen LogP contribution in [-0.2, 0) is 0 Å². The average molecular weight is 278 g/mol. The molecule has 2 nitrogen and oxygen atoms in total. The first-order chi connectivity index (χ1) is 9.52. The van der Waals surface area contributed by atoms with Crippen molar-refractivity contribution >= 4 is 5.69 Å². The Bertz CT molecular complexity index is 436. The van der Waals surface area contributed by atoms with Gasteiger partial charge in [0.2, 0.25) is 0 Å². The van der Waals surface area contributed by atoms with Gasteiger partial charge >= 0.3 is 0 Å². The third-order valence-electron chi connectivity index (χ3n) is 4.67. The quantitative estimate of drug-likeness (QED) is 0.907. The Morgan fingerprint density at radius 2 is 1.85 bits per heavy atom. The summed E-state index contributed by atoms with van der Waals surface area (Å²) in [5.74, 6) is 1.14. The molecule has 2 N–H and O–H groups in total. The molecular weight excluding hydrogens is 251 g/mol. The Balaban J connectivity index is 2.39. The van der Waals surface area contributed by atoms with E-state index < -0.39 is 0 Å². The average Bonchev–Trinajstić information content (AvgIpc) is 2.40. The summed E-state index contributed by atoms with van der Waals surface area (Å²) in [6, 6.07) is 7.06. The van der Waals surface area contributed by atoms with Crippen LogP contribution in [0.4, 0.5) is 10.1 Å². The molecule has 1 aliphatic carbocycles. The number of benzene rings is 1. The summed E-state index contributed by atoms with van der Waals surface area (Å²) in [6.07, 6.45) is 3.35. The second kappa shape index (κ2) is 6.13. The van der Waals surface area contributed by atoms with E-state index in [1.807, 2.05) is 12.1 Å². The monoisotopic (exact) mass is 278 g/mol. The standard InChI is InChI=1S/C17H27FN2/c1-4-20(16-8-6-5-7-15(16)18)17(12-19)10-13(2)9-14(3)11-17/h5-8,13-14H,4,9-12,19H2,1-3H3. The van der Waals surface area contributed by atoms with Crippen LogP contribution in [0.2, 0.25) is 0 Å². The molecule has 1 saturated carbocycles. The zero-order valence-corrected chi connectivity index (χ0v) is 12.9. The maximum atomic E-state index is 14.2. The Hall–Kier alpha value is -1.09. The van der Waals surface area contributed by atoms with Crippen molar-refractivity contribution in [3.63, 3.8) is 0 Å². The van der Waals surface area contributed by atoms with Gasteiger partial charge in [-0.3, -0.25) is 0 Å². The number of para-hydroxylation sites is 1. The largest absolute Gasteiger partial charge is 0.362 e. The molecule has 3 heteroatoms. The topological polar surface area (TPSA) is 29.3 Å². The number of halogens is 1. The Morgan fingerprint density at radius 3 is 2.35 bits per heavy atom. The van der Waals surface area contributed by atoms with E-state index in [0.717, 1.165) is 19.4 Å². The van der Waals surface area contributed by atoms with Crippen molar-refractivity contribution in [1.29, 1.82) is 0 Å². The first-order valence-electron chi connectivity index (χ1n) is 7.74. The van der Waals surface area contributed by atoms with Crippen molar-refractivity contribution in [2.24, 2.45) is 17.6 Å². The van der Waals surface area contributed by atoms with Crippen LogP contribution in [0.3, 0.4) is 0 Å². The minimum Gasteiger partial charge on any atom is -0.362 e. The van der Waals surface area contributed by atoms with Crippen molar-refractivity contribution in [1.82, 2.24) is 0 Å². The molecular formula is C17H27FN2. The molecule has 0 heterocycles. The predicted molar refractivity (Wildman–Crippen MR) is 83.4 cm³/mol. The highest BCUT2D eigenvalue weighted by Gasteiger charge is 2.41. The molecule has 0 saturated heterocycles. The third-order valence-corrected chi connectivity index (χ3v) is 4.67.